The highest BCUT2D eigenvalue weighted by Crippen LogP contribution is 2.49. The van der Waals surface area contributed by atoms with Crippen molar-refractivity contribution in [3.05, 3.63) is 0 Å². The molecule has 0 aromatic carbocycles. The fourth-order valence-electron chi connectivity index (χ4n) is 3.57. The number of rotatable bonds is 2. The maximum Gasteiger partial charge on any atom is 0.0459 e. The smallest absolute Gasteiger partial charge is 0.0459 e. The molecule has 0 amide bonds. The first-order valence-corrected chi connectivity index (χ1v) is 6.16. The van der Waals surface area contributed by atoms with Gasteiger partial charge >= 0.3 is 0 Å². The monoisotopic (exact) mass is 195 g/mol. The molecule has 1 aliphatic heterocycles. The Morgan fingerprint density at radius 3 is 2.71 bits per heavy atom. The molecular formula is C12H21NO. The molecule has 1 N–H and O–H groups in total. The minimum Gasteiger partial charge on any atom is -0.396 e. The number of hydrogen-bond acceptors (Lipinski definition) is 2. The van der Waals surface area contributed by atoms with Gasteiger partial charge in [-0.15, -0.1) is 0 Å². The topological polar surface area (TPSA) is 23.5 Å². The van der Waals surface area contributed by atoms with Crippen molar-refractivity contribution in [2.24, 2.45) is 11.3 Å². The van der Waals surface area contributed by atoms with Crippen LogP contribution in [0.25, 0.3) is 0 Å². The number of likely N-dealkylation sites (tertiary alicyclic amines) is 1. The quantitative estimate of drug-likeness (QED) is 0.724. The average molecular weight is 195 g/mol. The van der Waals surface area contributed by atoms with Crippen LogP contribution in [0.15, 0.2) is 0 Å². The third-order valence-electron chi connectivity index (χ3n) is 4.59. The highest BCUT2D eigenvalue weighted by Gasteiger charge is 2.46. The third kappa shape index (κ3) is 1.49. The molecule has 2 saturated carbocycles. The van der Waals surface area contributed by atoms with E-state index in [-0.39, 0.29) is 0 Å². The Hall–Kier alpha value is -0.0800. The number of nitrogens with zero attached hydrogens (tertiary/aromatic N) is 1. The van der Waals surface area contributed by atoms with Crippen molar-refractivity contribution in [1.29, 1.82) is 0 Å². The van der Waals surface area contributed by atoms with Gasteiger partial charge in [0.05, 0.1) is 0 Å². The van der Waals surface area contributed by atoms with Crippen LogP contribution >= 0.6 is 0 Å². The van der Waals surface area contributed by atoms with E-state index >= 15 is 0 Å². The lowest BCUT2D eigenvalue weighted by molar-refractivity contribution is 0.203. The van der Waals surface area contributed by atoms with E-state index in [1.165, 1.54) is 51.6 Å². The van der Waals surface area contributed by atoms with Crippen LogP contribution < -0.4 is 0 Å². The van der Waals surface area contributed by atoms with E-state index in [2.05, 4.69) is 4.90 Å². The molecule has 3 aliphatic rings. The van der Waals surface area contributed by atoms with Crippen molar-refractivity contribution < 1.29 is 5.11 Å². The first-order chi connectivity index (χ1) is 6.81. The van der Waals surface area contributed by atoms with Crippen LogP contribution in [0.1, 0.15) is 38.5 Å². The van der Waals surface area contributed by atoms with E-state index in [9.17, 15) is 5.11 Å². The molecule has 2 aliphatic carbocycles. The maximum absolute atomic E-state index is 9.18. The summed E-state index contributed by atoms with van der Waals surface area (Å²) in [4.78, 5) is 2.71. The van der Waals surface area contributed by atoms with E-state index in [0.717, 1.165) is 6.04 Å². The SMILES string of the molecule is OC[C@H]1CC[C@@]2(CCN(C3CC3)C2)C1. The van der Waals surface area contributed by atoms with Crippen LogP contribution in [0, 0.1) is 11.3 Å². The second-order valence-corrected chi connectivity index (χ2v) is 5.74. The summed E-state index contributed by atoms with van der Waals surface area (Å²) in [6, 6.07) is 0.947. The van der Waals surface area contributed by atoms with Crippen molar-refractivity contribution in [3.63, 3.8) is 0 Å². The van der Waals surface area contributed by atoms with E-state index in [4.69, 9.17) is 0 Å². The first-order valence-electron chi connectivity index (χ1n) is 6.16. The summed E-state index contributed by atoms with van der Waals surface area (Å²) in [6.45, 7) is 3.10. The molecule has 0 bridgehead atoms. The van der Waals surface area contributed by atoms with Crippen molar-refractivity contribution in [3.8, 4) is 0 Å². The van der Waals surface area contributed by atoms with Crippen molar-refractivity contribution >= 4 is 0 Å². The van der Waals surface area contributed by atoms with Crippen LogP contribution in [-0.2, 0) is 0 Å². The largest absolute Gasteiger partial charge is 0.396 e. The lowest BCUT2D eigenvalue weighted by Crippen LogP contribution is -2.27. The van der Waals surface area contributed by atoms with E-state index < -0.39 is 0 Å². The zero-order chi connectivity index (χ0) is 9.60. The third-order valence-corrected chi connectivity index (χ3v) is 4.59. The summed E-state index contributed by atoms with van der Waals surface area (Å²) in [6.07, 6.45) is 8.24. The molecule has 0 unspecified atom stereocenters. The molecule has 2 atom stereocenters. The predicted molar refractivity (Wildman–Crippen MR) is 56.1 cm³/mol. The summed E-state index contributed by atoms with van der Waals surface area (Å²) in [5.74, 6) is 0.620. The van der Waals surface area contributed by atoms with Gasteiger partial charge in [0, 0.05) is 19.2 Å². The van der Waals surface area contributed by atoms with Gasteiger partial charge in [-0.1, -0.05) is 0 Å². The minimum atomic E-state index is 0.422. The van der Waals surface area contributed by atoms with Gasteiger partial charge in [-0.25, -0.2) is 0 Å². The molecule has 0 radical (unpaired) electrons. The fourth-order valence-corrected chi connectivity index (χ4v) is 3.57. The van der Waals surface area contributed by atoms with Crippen LogP contribution in [0.4, 0.5) is 0 Å². The normalized spacial score (nSPS) is 43.9. The lowest BCUT2D eigenvalue weighted by atomic mass is 9.84. The number of aliphatic hydroxyl groups is 1. The average Bonchev–Trinajstić information content (AvgIpc) is 2.87. The lowest BCUT2D eigenvalue weighted by Gasteiger charge is -2.24. The molecule has 1 spiro atoms. The Morgan fingerprint density at radius 1 is 1.21 bits per heavy atom. The van der Waals surface area contributed by atoms with Crippen LogP contribution in [0.5, 0.6) is 0 Å². The zero-order valence-electron chi connectivity index (χ0n) is 8.91. The molecule has 0 aromatic heterocycles. The molecule has 3 fully saturated rings. The molecule has 1 saturated heterocycles. The van der Waals surface area contributed by atoms with Crippen LogP contribution in [-0.4, -0.2) is 35.7 Å². The molecule has 80 valence electrons. The van der Waals surface area contributed by atoms with Gasteiger partial charge in [0.25, 0.3) is 0 Å². The molecule has 14 heavy (non-hydrogen) atoms. The van der Waals surface area contributed by atoms with Crippen molar-refractivity contribution in [2.75, 3.05) is 19.7 Å². The molecular weight excluding hydrogens is 174 g/mol. The van der Waals surface area contributed by atoms with Gasteiger partial charge < -0.3 is 5.11 Å². The Balaban J connectivity index is 1.63. The molecule has 3 rings (SSSR count). The van der Waals surface area contributed by atoms with Gasteiger partial charge in [-0.3, -0.25) is 4.90 Å². The van der Waals surface area contributed by atoms with Crippen LogP contribution in [0.2, 0.25) is 0 Å². The number of hydrogen-bond donors (Lipinski definition) is 1. The number of aliphatic hydroxyl groups excluding tert-OH is 1. The van der Waals surface area contributed by atoms with E-state index in [1.807, 2.05) is 0 Å². The Bertz CT molecular complexity index is 226. The van der Waals surface area contributed by atoms with Gasteiger partial charge in [0.1, 0.15) is 0 Å². The summed E-state index contributed by atoms with van der Waals surface area (Å²) in [7, 11) is 0. The standard InChI is InChI=1S/C12H21NO/c14-8-10-3-4-12(7-10)5-6-13(9-12)11-1-2-11/h10-11,14H,1-9H2/t10-,12+/m0/s1. The summed E-state index contributed by atoms with van der Waals surface area (Å²) in [5.41, 5.74) is 0.621. The highest BCUT2D eigenvalue weighted by atomic mass is 16.3. The van der Waals surface area contributed by atoms with Gasteiger partial charge in [-0.2, -0.15) is 0 Å². The Kier molecular flexibility index (Phi) is 2.10. The van der Waals surface area contributed by atoms with Gasteiger partial charge in [-0.05, 0) is 56.4 Å². The van der Waals surface area contributed by atoms with Crippen molar-refractivity contribution in [2.45, 2.75) is 44.6 Å². The maximum atomic E-state index is 9.18. The summed E-state index contributed by atoms with van der Waals surface area (Å²) in [5, 5.41) is 9.18. The second-order valence-electron chi connectivity index (χ2n) is 5.74. The Labute approximate surface area is 86.3 Å². The van der Waals surface area contributed by atoms with Crippen molar-refractivity contribution in [1.82, 2.24) is 4.90 Å². The predicted octanol–water partition coefficient (Wildman–Crippen LogP) is 1.63. The molecule has 0 aromatic rings. The summed E-state index contributed by atoms with van der Waals surface area (Å²) >= 11 is 0. The fraction of sp³-hybridized carbons (Fsp3) is 1.00. The first kappa shape index (κ1) is 9.17. The molecule has 2 nitrogen and oxygen atoms in total. The molecule has 1 heterocycles. The Morgan fingerprint density at radius 2 is 2.07 bits per heavy atom. The second kappa shape index (κ2) is 3.21. The van der Waals surface area contributed by atoms with Crippen LogP contribution in [0.3, 0.4) is 0 Å². The van der Waals surface area contributed by atoms with Gasteiger partial charge in [0.15, 0.2) is 0 Å². The van der Waals surface area contributed by atoms with E-state index in [1.54, 1.807) is 0 Å². The van der Waals surface area contributed by atoms with Gasteiger partial charge in [0.2, 0.25) is 0 Å². The molecule has 2 heteroatoms. The minimum absolute atomic E-state index is 0.422. The highest BCUT2D eigenvalue weighted by molar-refractivity contribution is 4.99. The zero-order valence-corrected chi connectivity index (χ0v) is 8.91. The van der Waals surface area contributed by atoms with E-state index in [0.29, 0.717) is 17.9 Å². The summed E-state index contributed by atoms with van der Waals surface area (Å²) < 4.78 is 0.